The van der Waals surface area contributed by atoms with Crippen LogP contribution in [0.5, 0.6) is 0 Å². The number of piperidine rings is 1. The molecule has 1 saturated heterocycles. The summed E-state index contributed by atoms with van der Waals surface area (Å²) in [6, 6.07) is 0. The SMILES string of the molecule is CCNC(=O)CNCC1CCN(CC)CC1. The van der Waals surface area contributed by atoms with Crippen molar-refractivity contribution in [2.24, 2.45) is 5.92 Å². The van der Waals surface area contributed by atoms with Gasteiger partial charge in [0, 0.05) is 6.54 Å². The van der Waals surface area contributed by atoms with E-state index in [0.717, 1.165) is 19.0 Å². The maximum Gasteiger partial charge on any atom is 0.233 e. The first-order valence-electron chi connectivity index (χ1n) is 6.46. The highest BCUT2D eigenvalue weighted by Crippen LogP contribution is 2.15. The van der Waals surface area contributed by atoms with Crippen LogP contribution >= 0.6 is 0 Å². The van der Waals surface area contributed by atoms with Gasteiger partial charge in [-0.05, 0) is 51.9 Å². The fourth-order valence-corrected chi connectivity index (χ4v) is 2.16. The van der Waals surface area contributed by atoms with E-state index in [9.17, 15) is 4.79 Å². The first kappa shape index (κ1) is 13.5. The van der Waals surface area contributed by atoms with Crippen LogP contribution in [0.4, 0.5) is 0 Å². The van der Waals surface area contributed by atoms with Crippen molar-refractivity contribution in [3.05, 3.63) is 0 Å². The lowest BCUT2D eigenvalue weighted by Gasteiger charge is -2.31. The average molecular weight is 227 g/mol. The highest BCUT2D eigenvalue weighted by Gasteiger charge is 2.17. The van der Waals surface area contributed by atoms with Gasteiger partial charge < -0.3 is 15.5 Å². The van der Waals surface area contributed by atoms with Crippen LogP contribution in [-0.2, 0) is 4.79 Å². The monoisotopic (exact) mass is 227 g/mol. The molecule has 0 aliphatic carbocycles. The lowest BCUT2D eigenvalue weighted by Crippen LogP contribution is -2.40. The number of hydrogen-bond acceptors (Lipinski definition) is 3. The maximum atomic E-state index is 11.2. The van der Waals surface area contributed by atoms with Gasteiger partial charge in [0.05, 0.1) is 6.54 Å². The number of likely N-dealkylation sites (tertiary alicyclic amines) is 1. The Balaban J connectivity index is 2.04. The van der Waals surface area contributed by atoms with E-state index < -0.39 is 0 Å². The van der Waals surface area contributed by atoms with Crippen LogP contribution in [0.1, 0.15) is 26.7 Å². The molecule has 0 aromatic carbocycles. The molecular formula is C12H25N3O. The predicted molar refractivity (Wildman–Crippen MR) is 66.4 cm³/mol. The molecule has 0 saturated carbocycles. The molecule has 1 aliphatic rings. The summed E-state index contributed by atoms with van der Waals surface area (Å²) in [7, 11) is 0. The average Bonchev–Trinajstić information content (AvgIpc) is 2.30. The Morgan fingerprint density at radius 3 is 2.56 bits per heavy atom. The summed E-state index contributed by atoms with van der Waals surface area (Å²) in [5.74, 6) is 0.853. The van der Waals surface area contributed by atoms with Gasteiger partial charge in [-0.25, -0.2) is 0 Å². The molecule has 1 rings (SSSR count). The van der Waals surface area contributed by atoms with E-state index in [0.29, 0.717) is 6.54 Å². The Labute approximate surface area is 98.8 Å². The largest absolute Gasteiger partial charge is 0.355 e. The number of likely N-dealkylation sites (N-methyl/N-ethyl adjacent to an activating group) is 1. The Bertz CT molecular complexity index is 200. The third kappa shape index (κ3) is 4.94. The summed E-state index contributed by atoms with van der Waals surface area (Å²) in [4.78, 5) is 13.7. The van der Waals surface area contributed by atoms with Crippen molar-refractivity contribution in [3.63, 3.8) is 0 Å². The van der Waals surface area contributed by atoms with Crippen molar-refractivity contribution in [2.45, 2.75) is 26.7 Å². The molecule has 0 radical (unpaired) electrons. The Hall–Kier alpha value is -0.610. The second-order valence-electron chi connectivity index (χ2n) is 4.46. The van der Waals surface area contributed by atoms with Crippen LogP contribution in [0.3, 0.4) is 0 Å². The fraction of sp³-hybridized carbons (Fsp3) is 0.917. The second-order valence-corrected chi connectivity index (χ2v) is 4.46. The highest BCUT2D eigenvalue weighted by molar-refractivity contribution is 5.77. The van der Waals surface area contributed by atoms with Crippen molar-refractivity contribution in [2.75, 3.05) is 39.3 Å². The number of carbonyl (C=O) groups is 1. The standard InChI is InChI=1S/C12H25N3O/c1-3-14-12(16)10-13-9-11-5-7-15(4-2)8-6-11/h11,13H,3-10H2,1-2H3,(H,14,16). The molecule has 1 fully saturated rings. The summed E-state index contributed by atoms with van der Waals surface area (Å²) < 4.78 is 0. The normalized spacial score (nSPS) is 18.6. The molecule has 1 amide bonds. The number of rotatable bonds is 6. The number of carbonyl (C=O) groups excluding carboxylic acids is 1. The van der Waals surface area contributed by atoms with Crippen LogP contribution in [-0.4, -0.2) is 50.1 Å². The van der Waals surface area contributed by atoms with E-state index in [1.54, 1.807) is 0 Å². The summed E-state index contributed by atoms with van der Waals surface area (Å²) in [6.07, 6.45) is 2.52. The molecule has 0 unspecified atom stereocenters. The molecule has 0 aromatic heterocycles. The summed E-state index contributed by atoms with van der Waals surface area (Å²) in [5.41, 5.74) is 0. The lowest BCUT2D eigenvalue weighted by atomic mass is 9.97. The smallest absolute Gasteiger partial charge is 0.233 e. The number of hydrogen-bond donors (Lipinski definition) is 2. The van der Waals surface area contributed by atoms with Crippen molar-refractivity contribution in [1.29, 1.82) is 0 Å². The van der Waals surface area contributed by atoms with Gasteiger partial charge in [0.2, 0.25) is 5.91 Å². The van der Waals surface area contributed by atoms with Gasteiger partial charge in [0.15, 0.2) is 0 Å². The molecule has 4 heteroatoms. The zero-order valence-corrected chi connectivity index (χ0v) is 10.6. The topological polar surface area (TPSA) is 44.4 Å². The molecule has 1 heterocycles. The molecule has 16 heavy (non-hydrogen) atoms. The number of nitrogens with zero attached hydrogens (tertiary/aromatic N) is 1. The predicted octanol–water partition coefficient (Wildman–Crippen LogP) is 0.444. The molecule has 4 nitrogen and oxygen atoms in total. The summed E-state index contributed by atoms with van der Waals surface area (Å²) in [6.45, 7) is 9.91. The fourth-order valence-electron chi connectivity index (χ4n) is 2.16. The van der Waals surface area contributed by atoms with Gasteiger partial charge in [-0.2, -0.15) is 0 Å². The van der Waals surface area contributed by atoms with E-state index in [1.165, 1.54) is 32.5 Å². The Morgan fingerprint density at radius 2 is 2.00 bits per heavy atom. The van der Waals surface area contributed by atoms with Crippen LogP contribution in [0.2, 0.25) is 0 Å². The highest BCUT2D eigenvalue weighted by atomic mass is 16.1. The molecule has 2 N–H and O–H groups in total. The molecule has 1 aliphatic heterocycles. The molecular weight excluding hydrogens is 202 g/mol. The Kier molecular flexibility index (Phi) is 6.42. The van der Waals surface area contributed by atoms with E-state index >= 15 is 0 Å². The van der Waals surface area contributed by atoms with Gasteiger partial charge >= 0.3 is 0 Å². The van der Waals surface area contributed by atoms with Gasteiger partial charge in [-0.1, -0.05) is 6.92 Å². The zero-order valence-electron chi connectivity index (χ0n) is 10.6. The molecule has 94 valence electrons. The first-order valence-corrected chi connectivity index (χ1v) is 6.46. The number of amides is 1. The molecule has 0 aromatic rings. The summed E-state index contributed by atoms with van der Waals surface area (Å²) in [5, 5.41) is 6.03. The van der Waals surface area contributed by atoms with Crippen LogP contribution in [0.25, 0.3) is 0 Å². The van der Waals surface area contributed by atoms with Gasteiger partial charge in [-0.3, -0.25) is 4.79 Å². The van der Waals surface area contributed by atoms with Crippen molar-refractivity contribution in [3.8, 4) is 0 Å². The van der Waals surface area contributed by atoms with Gasteiger partial charge in [0.25, 0.3) is 0 Å². The quantitative estimate of drug-likeness (QED) is 0.692. The van der Waals surface area contributed by atoms with E-state index in [2.05, 4.69) is 22.5 Å². The minimum atomic E-state index is 0.105. The van der Waals surface area contributed by atoms with Gasteiger partial charge in [0.1, 0.15) is 0 Å². The van der Waals surface area contributed by atoms with Crippen molar-refractivity contribution >= 4 is 5.91 Å². The van der Waals surface area contributed by atoms with Gasteiger partial charge in [-0.15, -0.1) is 0 Å². The molecule has 0 spiro atoms. The lowest BCUT2D eigenvalue weighted by molar-refractivity contribution is -0.120. The minimum absolute atomic E-state index is 0.105. The summed E-state index contributed by atoms with van der Waals surface area (Å²) >= 11 is 0. The minimum Gasteiger partial charge on any atom is -0.355 e. The first-order chi connectivity index (χ1) is 7.76. The van der Waals surface area contributed by atoms with E-state index in [4.69, 9.17) is 0 Å². The van der Waals surface area contributed by atoms with E-state index in [-0.39, 0.29) is 5.91 Å². The van der Waals surface area contributed by atoms with Crippen molar-refractivity contribution < 1.29 is 4.79 Å². The molecule has 0 bridgehead atoms. The Morgan fingerprint density at radius 1 is 1.31 bits per heavy atom. The van der Waals surface area contributed by atoms with Crippen LogP contribution in [0, 0.1) is 5.92 Å². The number of nitrogens with one attached hydrogen (secondary N) is 2. The molecule has 0 atom stereocenters. The second kappa shape index (κ2) is 7.63. The maximum absolute atomic E-state index is 11.2. The third-order valence-corrected chi connectivity index (χ3v) is 3.25. The van der Waals surface area contributed by atoms with E-state index in [1.807, 2.05) is 6.92 Å². The van der Waals surface area contributed by atoms with Crippen LogP contribution in [0.15, 0.2) is 0 Å². The zero-order chi connectivity index (χ0) is 11.8. The van der Waals surface area contributed by atoms with Crippen LogP contribution < -0.4 is 10.6 Å². The van der Waals surface area contributed by atoms with Crippen molar-refractivity contribution in [1.82, 2.24) is 15.5 Å². The third-order valence-electron chi connectivity index (χ3n) is 3.25.